The van der Waals surface area contributed by atoms with Gasteiger partial charge in [0.2, 0.25) is 10.0 Å². The molecule has 0 saturated heterocycles. The SMILES string of the molecule is CCN(CC)Cc1ccc(C(=O)NCc2ccc(CS(N)(=O)=O)cc2)cc1. The van der Waals surface area contributed by atoms with Crippen LogP contribution in [0.3, 0.4) is 0 Å². The van der Waals surface area contributed by atoms with E-state index in [1.165, 1.54) is 5.56 Å². The van der Waals surface area contributed by atoms with E-state index in [2.05, 4.69) is 24.1 Å². The monoisotopic (exact) mass is 389 g/mol. The van der Waals surface area contributed by atoms with Crippen molar-refractivity contribution in [3.63, 3.8) is 0 Å². The number of nitrogens with zero attached hydrogens (tertiary/aromatic N) is 1. The summed E-state index contributed by atoms with van der Waals surface area (Å²) in [6.45, 7) is 7.50. The number of hydrogen-bond donors (Lipinski definition) is 2. The van der Waals surface area contributed by atoms with Gasteiger partial charge in [-0.25, -0.2) is 13.6 Å². The van der Waals surface area contributed by atoms with Crippen molar-refractivity contribution in [3.05, 3.63) is 70.8 Å². The van der Waals surface area contributed by atoms with Gasteiger partial charge >= 0.3 is 0 Å². The van der Waals surface area contributed by atoms with Crippen molar-refractivity contribution in [1.29, 1.82) is 0 Å². The number of benzene rings is 2. The van der Waals surface area contributed by atoms with Crippen molar-refractivity contribution in [2.24, 2.45) is 5.14 Å². The molecule has 0 bridgehead atoms. The number of carbonyl (C=O) groups is 1. The van der Waals surface area contributed by atoms with Crippen molar-refractivity contribution in [2.45, 2.75) is 32.7 Å². The van der Waals surface area contributed by atoms with Crippen LogP contribution in [-0.2, 0) is 28.9 Å². The Labute approximate surface area is 161 Å². The largest absolute Gasteiger partial charge is 0.348 e. The molecule has 0 heterocycles. The first-order chi connectivity index (χ1) is 12.8. The third-order valence-corrected chi connectivity index (χ3v) is 5.10. The van der Waals surface area contributed by atoms with Gasteiger partial charge in [0.1, 0.15) is 0 Å². The lowest BCUT2D eigenvalue weighted by Crippen LogP contribution is -2.23. The lowest BCUT2D eigenvalue weighted by Gasteiger charge is -2.18. The fourth-order valence-electron chi connectivity index (χ4n) is 2.74. The summed E-state index contributed by atoms with van der Waals surface area (Å²) in [6, 6.07) is 14.6. The number of primary sulfonamides is 1. The average molecular weight is 390 g/mol. The van der Waals surface area contributed by atoms with Gasteiger partial charge in [-0.3, -0.25) is 9.69 Å². The normalized spacial score (nSPS) is 11.6. The van der Waals surface area contributed by atoms with E-state index in [0.717, 1.165) is 25.2 Å². The molecule has 0 aliphatic carbocycles. The molecule has 0 aliphatic rings. The number of nitrogens with two attached hydrogens (primary N) is 1. The molecule has 0 unspecified atom stereocenters. The maximum atomic E-state index is 12.3. The lowest BCUT2D eigenvalue weighted by molar-refractivity contribution is 0.0951. The molecule has 0 aliphatic heterocycles. The van der Waals surface area contributed by atoms with Gasteiger partial charge in [-0.15, -0.1) is 0 Å². The molecule has 0 aromatic heterocycles. The second kappa shape index (κ2) is 9.64. The van der Waals surface area contributed by atoms with Crippen LogP contribution in [0.4, 0.5) is 0 Å². The van der Waals surface area contributed by atoms with Gasteiger partial charge in [-0.1, -0.05) is 50.2 Å². The molecular formula is C20H27N3O3S. The van der Waals surface area contributed by atoms with Crippen LogP contribution in [0.2, 0.25) is 0 Å². The molecule has 0 spiro atoms. The summed E-state index contributed by atoms with van der Waals surface area (Å²) in [5.74, 6) is -0.336. The topological polar surface area (TPSA) is 92.5 Å². The van der Waals surface area contributed by atoms with Gasteiger partial charge in [0.25, 0.3) is 5.91 Å². The Balaban J connectivity index is 1.90. The molecule has 7 heteroatoms. The van der Waals surface area contributed by atoms with Crippen LogP contribution in [0.25, 0.3) is 0 Å². The van der Waals surface area contributed by atoms with Crippen LogP contribution >= 0.6 is 0 Å². The summed E-state index contributed by atoms with van der Waals surface area (Å²) >= 11 is 0. The molecule has 2 aromatic carbocycles. The molecule has 0 fully saturated rings. The summed E-state index contributed by atoms with van der Waals surface area (Å²) in [4.78, 5) is 14.6. The molecule has 0 radical (unpaired) electrons. The molecule has 2 aromatic rings. The van der Waals surface area contributed by atoms with Crippen LogP contribution in [0.15, 0.2) is 48.5 Å². The van der Waals surface area contributed by atoms with E-state index < -0.39 is 10.0 Å². The number of amides is 1. The maximum absolute atomic E-state index is 12.3. The summed E-state index contributed by atoms with van der Waals surface area (Å²) in [5, 5.41) is 7.91. The Morgan fingerprint density at radius 1 is 0.926 bits per heavy atom. The van der Waals surface area contributed by atoms with Crippen LogP contribution in [0, 0.1) is 0 Å². The molecule has 27 heavy (non-hydrogen) atoms. The minimum Gasteiger partial charge on any atom is -0.348 e. The first-order valence-corrected chi connectivity index (χ1v) is 10.7. The van der Waals surface area contributed by atoms with Crippen molar-refractivity contribution in [2.75, 3.05) is 13.1 Å². The summed E-state index contributed by atoms with van der Waals surface area (Å²) in [5.41, 5.74) is 3.31. The maximum Gasteiger partial charge on any atom is 0.251 e. The van der Waals surface area contributed by atoms with Crippen LogP contribution < -0.4 is 10.5 Å². The Morgan fingerprint density at radius 2 is 1.44 bits per heavy atom. The van der Waals surface area contributed by atoms with Crippen molar-refractivity contribution in [1.82, 2.24) is 10.2 Å². The predicted molar refractivity (Wildman–Crippen MR) is 107 cm³/mol. The Hall–Kier alpha value is -2.22. The summed E-state index contributed by atoms with van der Waals surface area (Å²) in [7, 11) is -3.54. The van der Waals surface area contributed by atoms with E-state index in [-0.39, 0.29) is 11.7 Å². The van der Waals surface area contributed by atoms with E-state index in [4.69, 9.17) is 5.14 Å². The van der Waals surface area contributed by atoms with Crippen LogP contribution in [-0.4, -0.2) is 32.3 Å². The second-order valence-electron chi connectivity index (χ2n) is 6.46. The lowest BCUT2D eigenvalue weighted by atomic mass is 10.1. The number of hydrogen-bond acceptors (Lipinski definition) is 4. The van der Waals surface area contributed by atoms with E-state index in [0.29, 0.717) is 17.7 Å². The first-order valence-electron chi connectivity index (χ1n) is 8.98. The van der Waals surface area contributed by atoms with Gasteiger partial charge in [-0.05, 0) is 41.9 Å². The van der Waals surface area contributed by atoms with Crippen molar-refractivity contribution < 1.29 is 13.2 Å². The minimum atomic E-state index is -3.54. The van der Waals surface area contributed by atoms with Crippen molar-refractivity contribution >= 4 is 15.9 Å². The van der Waals surface area contributed by atoms with E-state index in [9.17, 15) is 13.2 Å². The summed E-state index contributed by atoms with van der Waals surface area (Å²) in [6.07, 6.45) is 0. The molecule has 2 rings (SSSR count). The highest BCUT2D eigenvalue weighted by molar-refractivity contribution is 7.88. The minimum absolute atomic E-state index is 0.141. The van der Waals surface area contributed by atoms with Gasteiger partial charge in [0, 0.05) is 18.7 Å². The third-order valence-electron chi connectivity index (χ3n) is 4.36. The predicted octanol–water partition coefficient (Wildman–Crippen LogP) is 2.25. The molecule has 1 amide bonds. The third kappa shape index (κ3) is 7.13. The highest BCUT2D eigenvalue weighted by Crippen LogP contribution is 2.09. The Kier molecular flexibility index (Phi) is 7.53. The van der Waals surface area contributed by atoms with Gasteiger partial charge in [0.15, 0.2) is 0 Å². The zero-order chi connectivity index (χ0) is 19.9. The van der Waals surface area contributed by atoms with Crippen molar-refractivity contribution in [3.8, 4) is 0 Å². The highest BCUT2D eigenvalue weighted by atomic mass is 32.2. The summed E-state index contributed by atoms with van der Waals surface area (Å²) < 4.78 is 22.2. The van der Waals surface area contributed by atoms with Gasteiger partial charge < -0.3 is 5.32 Å². The average Bonchev–Trinajstić information content (AvgIpc) is 2.64. The second-order valence-corrected chi connectivity index (χ2v) is 8.08. The Morgan fingerprint density at radius 3 is 1.96 bits per heavy atom. The number of sulfonamides is 1. The molecule has 0 atom stereocenters. The first kappa shape index (κ1) is 21.1. The fraction of sp³-hybridized carbons (Fsp3) is 0.350. The van der Waals surface area contributed by atoms with E-state index in [1.54, 1.807) is 24.3 Å². The fourth-order valence-corrected chi connectivity index (χ4v) is 3.39. The van der Waals surface area contributed by atoms with E-state index in [1.807, 2.05) is 24.3 Å². The van der Waals surface area contributed by atoms with Crippen LogP contribution in [0.5, 0.6) is 0 Å². The number of carbonyl (C=O) groups excluding carboxylic acids is 1. The zero-order valence-electron chi connectivity index (χ0n) is 15.8. The van der Waals surface area contributed by atoms with Gasteiger partial charge in [0.05, 0.1) is 5.75 Å². The highest BCUT2D eigenvalue weighted by Gasteiger charge is 2.08. The Bertz CT molecular complexity index is 843. The molecular weight excluding hydrogens is 362 g/mol. The number of nitrogens with one attached hydrogen (secondary N) is 1. The van der Waals surface area contributed by atoms with Gasteiger partial charge in [-0.2, -0.15) is 0 Å². The molecule has 6 nitrogen and oxygen atoms in total. The zero-order valence-corrected chi connectivity index (χ0v) is 16.6. The van der Waals surface area contributed by atoms with Crippen LogP contribution in [0.1, 0.15) is 40.9 Å². The standard InChI is InChI=1S/C20H27N3O3S/c1-3-23(4-2)14-17-9-11-19(12-10-17)20(24)22-13-16-5-7-18(8-6-16)15-27(21,25)26/h5-12H,3-4,13-15H2,1-2H3,(H,22,24)(H2,21,25,26). The van der Waals surface area contributed by atoms with E-state index >= 15 is 0 Å². The quantitative estimate of drug-likeness (QED) is 0.688. The number of rotatable bonds is 9. The molecule has 3 N–H and O–H groups in total. The smallest absolute Gasteiger partial charge is 0.251 e. The molecule has 0 saturated carbocycles. The molecule has 146 valence electrons.